The van der Waals surface area contributed by atoms with E-state index in [0.717, 1.165) is 9.13 Å². The standard InChI is InChI=1S/C18H21IN2O4/c1-11(2)25-17-6-5-12(9-20-17)10-21-18(22)13-7-15(23-3)16(24-4)8-14(13)19/h5-9,11H,10H2,1-4H3,(H,21,22). The zero-order valence-corrected chi connectivity index (χ0v) is 16.8. The van der Waals surface area contributed by atoms with Crippen molar-refractivity contribution in [3.63, 3.8) is 0 Å². The highest BCUT2D eigenvalue weighted by molar-refractivity contribution is 14.1. The number of hydrogen-bond donors (Lipinski definition) is 1. The van der Waals surface area contributed by atoms with Crippen molar-refractivity contribution in [2.45, 2.75) is 26.5 Å². The van der Waals surface area contributed by atoms with Gasteiger partial charge < -0.3 is 19.5 Å². The molecule has 0 atom stereocenters. The van der Waals surface area contributed by atoms with Gasteiger partial charge in [-0.3, -0.25) is 4.79 Å². The molecule has 2 rings (SSSR count). The van der Waals surface area contributed by atoms with Crippen molar-refractivity contribution in [2.24, 2.45) is 0 Å². The van der Waals surface area contributed by atoms with E-state index < -0.39 is 0 Å². The van der Waals surface area contributed by atoms with E-state index in [0.29, 0.717) is 29.5 Å². The Morgan fingerprint density at radius 1 is 1.20 bits per heavy atom. The molecule has 0 saturated carbocycles. The van der Waals surface area contributed by atoms with Crippen molar-refractivity contribution in [3.05, 3.63) is 45.2 Å². The molecule has 0 aliphatic carbocycles. The summed E-state index contributed by atoms with van der Waals surface area (Å²) in [5.74, 6) is 1.49. The predicted octanol–water partition coefficient (Wildman–Crippen LogP) is 3.42. The Balaban J connectivity index is 2.05. The molecule has 0 aliphatic rings. The fraction of sp³-hybridized carbons (Fsp3) is 0.333. The lowest BCUT2D eigenvalue weighted by molar-refractivity contribution is 0.0949. The highest BCUT2D eigenvalue weighted by Crippen LogP contribution is 2.31. The average molecular weight is 456 g/mol. The number of amides is 1. The first-order valence-electron chi connectivity index (χ1n) is 7.76. The van der Waals surface area contributed by atoms with Crippen molar-refractivity contribution in [1.82, 2.24) is 10.3 Å². The van der Waals surface area contributed by atoms with E-state index in [1.807, 2.05) is 19.9 Å². The Bertz CT molecular complexity index is 733. The van der Waals surface area contributed by atoms with Crippen LogP contribution in [0.4, 0.5) is 0 Å². The first kappa shape index (κ1) is 19.3. The van der Waals surface area contributed by atoms with Crippen LogP contribution < -0.4 is 19.5 Å². The molecule has 1 N–H and O–H groups in total. The zero-order valence-electron chi connectivity index (χ0n) is 14.6. The quantitative estimate of drug-likeness (QED) is 0.647. The molecule has 2 aromatic rings. The number of hydrogen-bond acceptors (Lipinski definition) is 5. The second-order valence-corrected chi connectivity index (χ2v) is 6.70. The zero-order chi connectivity index (χ0) is 18.4. The lowest BCUT2D eigenvalue weighted by Crippen LogP contribution is -2.24. The van der Waals surface area contributed by atoms with Crippen LogP contribution in [0.5, 0.6) is 17.4 Å². The maximum absolute atomic E-state index is 12.5. The molecule has 0 unspecified atom stereocenters. The van der Waals surface area contributed by atoms with Crippen LogP contribution in [0, 0.1) is 3.57 Å². The normalized spacial score (nSPS) is 10.5. The van der Waals surface area contributed by atoms with Gasteiger partial charge in [0.15, 0.2) is 11.5 Å². The Morgan fingerprint density at radius 2 is 1.88 bits per heavy atom. The molecule has 7 heteroatoms. The van der Waals surface area contributed by atoms with Crippen molar-refractivity contribution in [1.29, 1.82) is 0 Å². The van der Waals surface area contributed by atoms with E-state index in [1.54, 1.807) is 38.6 Å². The number of carbonyl (C=O) groups excluding carboxylic acids is 1. The molecule has 134 valence electrons. The molecule has 1 aromatic heterocycles. The Labute approximate surface area is 161 Å². The van der Waals surface area contributed by atoms with Gasteiger partial charge in [-0.05, 0) is 54.1 Å². The Morgan fingerprint density at radius 3 is 2.44 bits per heavy atom. The third kappa shape index (κ3) is 5.22. The van der Waals surface area contributed by atoms with Gasteiger partial charge in [-0.1, -0.05) is 6.07 Å². The second-order valence-electron chi connectivity index (χ2n) is 5.54. The molecule has 1 aromatic carbocycles. The summed E-state index contributed by atoms with van der Waals surface area (Å²) < 4.78 is 16.8. The number of pyridine rings is 1. The summed E-state index contributed by atoms with van der Waals surface area (Å²) >= 11 is 2.10. The number of nitrogens with one attached hydrogen (secondary N) is 1. The number of nitrogens with zero attached hydrogens (tertiary/aromatic N) is 1. The highest BCUT2D eigenvalue weighted by atomic mass is 127. The van der Waals surface area contributed by atoms with E-state index >= 15 is 0 Å². The summed E-state index contributed by atoms with van der Waals surface area (Å²) in [6.07, 6.45) is 1.77. The second kappa shape index (κ2) is 8.89. The molecular weight excluding hydrogens is 435 g/mol. The molecule has 0 aliphatic heterocycles. The Hall–Kier alpha value is -2.03. The molecule has 0 radical (unpaired) electrons. The minimum atomic E-state index is -0.187. The summed E-state index contributed by atoms with van der Waals surface area (Å²) in [6, 6.07) is 7.12. The van der Waals surface area contributed by atoms with Crippen LogP contribution in [0.25, 0.3) is 0 Å². The van der Waals surface area contributed by atoms with Crippen molar-refractivity contribution < 1.29 is 19.0 Å². The highest BCUT2D eigenvalue weighted by Gasteiger charge is 2.15. The minimum absolute atomic E-state index is 0.0742. The first-order valence-corrected chi connectivity index (χ1v) is 8.83. The predicted molar refractivity (Wildman–Crippen MR) is 103 cm³/mol. The number of halogens is 1. The summed E-state index contributed by atoms with van der Waals surface area (Å²) in [4.78, 5) is 16.7. The van der Waals surface area contributed by atoms with Gasteiger partial charge in [-0.2, -0.15) is 0 Å². The third-order valence-electron chi connectivity index (χ3n) is 3.32. The molecule has 0 saturated heterocycles. The van der Waals surface area contributed by atoms with Crippen LogP contribution in [0.1, 0.15) is 29.8 Å². The number of rotatable bonds is 7. The van der Waals surface area contributed by atoms with E-state index in [2.05, 4.69) is 32.9 Å². The van der Waals surface area contributed by atoms with Gasteiger partial charge in [0, 0.05) is 22.4 Å². The van der Waals surface area contributed by atoms with Gasteiger partial charge in [-0.15, -0.1) is 0 Å². The van der Waals surface area contributed by atoms with E-state index in [4.69, 9.17) is 14.2 Å². The van der Waals surface area contributed by atoms with Crippen LogP contribution in [0.2, 0.25) is 0 Å². The molecule has 0 fully saturated rings. The minimum Gasteiger partial charge on any atom is -0.493 e. The molecular formula is C18H21IN2O4. The molecule has 1 amide bonds. The lowest BCUT2D eigenvalue weighted by atomic mass is 10.2. The maximum Gasteiger partial charge on any atom is 0.252 e. The third-order valence-corrected chi connectivity index (χ3v) is 4.22. The lowest BCUT2D eigenvalue weighted by Gasteiger charge is -2.12. The molecule has 1 heterocycles. The summed E-state index contributed by atoms with van der Waals surface area (Å²) in [5.41, 5.74) is 1.42. The Kier molecular flexibility index (Phi) is 6.86. The number of methoxy groups -OCH3 is 2. The molecule has 6 nitrogen and oxygen atoms in total. The molecule has 0 bridgehead atoms. The van der Waals surface area contributed by atoms with Gasteiger partial charge in [0.25, 0.3) is 5.91 Å². The topological polar surface area (TPSA) is 69.7 Å². The summed E-state index contributed by atoms with van der Waals surface area (Å²) in [5, 5.41) is 2.88. The van der Waals surface area contributed by atoms with Gasteiger partial charge in [-0.25, -0.2) is 4.98 Å². The van der Waals surface area contributed by atoms with Crippen LogP contribution in [0.3, 0.4) is 0 Å². The monoisotopic (exact) mass is 456 g/mol. The van der Waals surface area contributed by atoms with Crippen molar-refractivity contribution in [2.75, 3.05) is 14.2 Å². The maximum atomic E-state index is 12.5. The van der Waals surface area contributed by atoms with Crippen molar-refractivity contribution in [3.8, 4) is 17.4 Å². The fourth-order valence-electron chi connectivity index (χ4n) is 2.13. The number of ether oxygens (including phenoxy) is 3. The van der Waals surface area contributed by atoms with Gasteiger partial charge in [0.1, 0.15) is 0 Å². The van der Waals surface area contributed by atoms with Gasteiger partial charge in [0.05, 0.1) is 25.9 Å². The van der Waals surface area contributed by atoms with Crippen LogP contribution in [-0.2, 0) is 6.54 Å². The number of benzene rings is 1. The first-order chi connectivity index (χ1) is 11.9. The van der Waals surface area contributed by atoms with E-state index in [9.17, 15) is 4.79 Å². The van der Waals surface area contributed by atoms with E-state index in [1.165, 1.54) is 0 Å². The smallest absolute Gasteiger partial charge is 0.252 e. The van der Waals surface area contributed by atoms with Crippen LogP contribution in [0.15, 0.2) is 30.5 Å². The molecule has 25 heavy (non-hydrogen) atoms. The van der Waals surface area contributed by atoms with Gasteiger partial charge >= 0.3 is 0 Å². The SMILES string of the molecule is COc1cc(I)c(C(=O)NCc2ccc(OC(C)C)nc2)cc1OC. The summed E-state index contributed by atoms with van der Waals surface area (Å²) in [7, 11) is 3.10. The van der Waals surface area contributed by atoms with Crippen LogP contribution in [-0.4, -0.2) is 31.2 Å². The largest absolute Gasteiger partial charge is 0.493 e. The van der Waals surface area contributed by atoms with E-state index in [-0.39, 0.29) is 12.0 Å². The number of aromatic nitrogens is 1. The fourth-order valence-corrected chi connectivity index (χ4v) is 2.82. The van der Waals surface area contributed by atoms with Crippen LogP contribution >= 0.6 is 22.6 Å². The number of carbonyl (C=O) groups is 1. The van der Waals surface area contributed by atoms with Crippen molar-refractivity contribution >= 4 is 28.5 Å². The average Bonchev–Trinajstić information content (AvgIpc) is 2.60. The van der Waals surface area contributed by atoms with Gasteiger partial charge in [0.2, 0.25) is 5.88 Å². The molecule has 0 spiro atoms. The summed E-state index contributed by atoms with van der Waals surface area (Å²) in [6.45, 7) is 4.26.